The number of hydrogen-bond donors (Lipinski definition) is 2. The fraction of sp³-hybridized carbons (Fsp3) is 0.722. The molecule has 0 spiro atoms. The molecule has 0 fully saturated rings. The predicted molar refractivity (Wildman–Crippen MR) is 111 cm³/mol. The average molecular weight is 417 g/mol. The highest BCUT2D eigenvalue weighted by Crippen LogP contribution is 2.23. The molecule has 7 nitrogen and oxygen atoms in total. The fourth-order valence-electron chi connectivity index (χ4n) is 2.97. The number of aryl methyl sites for hydroxylation is 2. The summed E-state index contributed by atoms with van der Waals surface area (Å²) in [6, 6.07) is 0. The predicted octanol–water partition coefficient (Wildman–Crippen LogP) is 2.87. The van der Waals surface area contributed by atoms with Crippen molar-refractivity contribution in [2.45, 2.75) is 69.7 Å². The molecule has 2 heterocycles. The van der Waals surface area contributed by atoms with Crippen LogP contribution >= 0.6 is 23.4 Å². The van der Waals surface area contributed by atoms with Crippen LogP contribution < -0.4 is 11.2 Å². The van der Waals surface area contributed by atoms with Gasteiger partial charge in [-0.2, -0.15) is 0 Å². The summed E-state index contributed by atoms with van der Waals surface area (Å²) < 4.78 is 3.21. The maximum absolute atomic E-state index is 12.4. The molecule has 152 valence electrons. The second-order valence-corrected chi connectivity index (χ2v) is 8.07. The van der Waals surface area contributed by atoms with Gasteiger partial charge in [-0.25, -0.2) is 9.78 Å². The summed E-state index contributed by atoms with van der Waals surface area (Å²) in [6.07, 6.45) is 7.56. The van der Waals surface area contributed by atoms with Crippen LogP contribution in [0, 0.1) is 0 Å². The van der Waals surface area contributed by atoms with E-state index < -0.39 is 17.4 Å². The van der Waals surface area contributed by atoms with E-state index in [1.807, 2.05) is 4.57 Å². The van der Waals surface area contributed by atoms with Crippen LogP contribution in [0.4, 0.5) is 0 Å². The van der Waals surface area contributed by atoms with Gasteiger partial charge in [0.25, 0.3) is 5.56 Å². The van der Waals surface area contributed by atoms with Crippen LogP contribution in [0.15, 0.2) is 14.7 Å². The summed E-state index contributed by atoms with van der Waals surface area (Å²) in [7, 11) is 1.59. The minimum Gasteiger partial charge on any atom is -0.391 e. The number of aliphatic hydroxyl groups excluding tert-OH is 1. The van der Waals surface area contributed by atoms with E-state index in [9.17, 15) is 14.7 Å². The molecule has 1 atom stereocenters. The van der Waals surface area contributed by atoms with Crippen molar-refractivity contribution < 1.29 is 5.11 Å². The molecule has 0 radical (unpaired) electrons. The summed E-state index contributed by atoms with van der Waals surface area (Å²) in [5.41, 5.74) is -0.126. The van der Waals surface area contributed by atoms with Gasteiger partial charge in [-0.15, -0.1) is 11.6 Å². The number of imidazole rings is 1. The number of halogens is 1. The van der Waals surface area contributed by atoms with Crippen LogP contribution in [-0.4, -0.2) is 41.9 Å². The van der Waals surface area contributed by atoms with E-state index in [0.717, 1.165) is 12.8 Å². The van der Waals surface area contributed by atoms with Gasteiger partial charge in [0.1, 0.15) is 0 Å². The number of aromatic amines is 1. The number of aliphatic hydroxyl groups is 1. The van der Waals surface area contributed by atoms with Crippen LogP contribution in [0.25, 0.3) is 11.2 Å². The maximum atomic E-state index is 12.4. The van der Waals surface area contributed by atoms with Gasteiger partial charge in [-0.3, -0.25) is 14.3 Å². The Balaban J connectivity index is 2.18. The quantitative estimate of drug-likeness (QED) is 0.315. The first-order valence-corrected chi connectivity index (χ1v) is 11.1. The van der Waals surface area contributed by atoms with Crippen LogP contribution in [0.1, 0.15) is 51.9 Å². The minimum atomic E-state index is -0.648. The Bertz CT molecular complexity index is 845. The normalized spacial score (nSPS) is 12.7. The molecular formula is C18H29ClN4O3S. The topological polar surface area (TPSA) is 92.9 Å². The van der Waals surface area contributed by atoms with Gasteiger partial charge in [0, 0.05) is 25.2 Å². The molecule has 9 heteroatoms. The standard InChI is InChI=1S/C18H29ClN4O3S/c1-3-4-5-6-7-8-9-10-23-14-15(22(2)17(26)21-16(14)25)20-18(23)27-12-13(24)11-19/h13,24H,3-12H2,1-2H3,(H,21,25,26)/t13-/m1/s1. The third-order valence-electron chi connectivity index (χ3n) is 4.54. The highest BCUT2D eigenvalue weighted by atomic mass is 35.5. The molecular weight excluding hydrogens is 388 g/mol. The smallest absolute Gasteiger partial charge is 0.329 e. The van der Waals surface area contributed by atoms with Crippen molar-refractivity contribution >= 4 is 34.5 Å². The number of rotatable bonds is 12. The van der Waals surface area contributed by atoms with Crippen molar-refractivity contribution in [3.05, 3.63) is 20.8 Å². The molecule has 0 bridgehead atoms. The molecule has 0 amide bonds. The van der Waals surface area contributed by atoms with E-state index in [4.69, 9.17) is 11.6 Å². The molecule has 2 N–H and O–H groups in total. The zero-order valence-electron chi connectivity index (χ0n) is 16.0. The number of aromatic nitrogens is 4. The largest absolute Gasteiger partial charge is 0.391 e. The number of nitrogens with one attached hydrogen (secondary N) is 1. The Morgan fingerprint density at radius 3 is 2.52 bits per heavy atom. The van der Waals surface area contributed by atoms with Crippen molar-refractivity contribution in [2.24, 2.45) is 7.05 Å². The number of fused-ring (bicyclic) bond motifs is 1. The first-order valence-electron chi connectivity index (χ1n) is 9.56. The van der Waals surface area contributed by atoms with E-state index >= 15 is 0 Å². The van der Waals surface area contributed by atoms with Crippen molar-refractivity contribution in [3.63, 3.8) is 0 Å². The third kappa shape index (κ3) is 5.86. The fourth-order valence-corrected chi connectivity index (χ4v) is 4.16. The first-order chi connectivity index (χ1) is 13.0. The van der Waals surface area contributed by atoms with Crippen molar-refractivity contribution in [3.8, 4) is 0 Å². The number of hydrogen-bond acceptors (Lipinski definition) is 5. The number of alkyl halides is 1. The highest BCUT2D eigenvalue weighted by Gasteiger charge is 2.18. The van der Waals surface area contributed by atoms with Gasteiger partial charge >= 0.3 is 5.69 Å². The first kappa shape index (κ1) is 22.0. The number of thioether (sulfide) groups is 1. The maximum Gasteiger partial charge on any atom is 0.329 e. The molecule has 0 unspecified atom stereocenters. The van der Waals surface area contributed by atoms with E-state index in [1.165, 1.54) is 48.4 Å². The molecule has 0 aromatic carbocycles. The number of unbranched alkanes of at least 4 members (excludes halogenated alkanes) is 6. The van der Waals surface area contributed by atoms with Crippen LogP contribution in [0.2, 0.25) is 0 Å². The lowest BCUT2D eigenvalue weighted by atomic mass is 10.1. The Kier molecular flexibility index (Phi) is 8.92. The number of nitrogens with zero attached hydrogens (tertiary/aromatic N) is 3. The molecule has 0 saturated heterocycles. The van der Waals surface area contributed by atoms with Crippen LogP contribution in [0.5, 0.6) is 0 Å². The molecule has 0 aliphatic rings. The zero-order valence-corrected chi connectivity index (χ0v) is 17.6. The molecule has 0 saturated carbocycles. The van der Waals surface area contributed by atoms with Gasteiger partial charge < -0.3 is 9.67 Å². The van der Waals surface area contributed by atoms with Crippen molar-refractivity contribution in [1.82, 2.24) is 19.1 Å². The Morgan fingerprint density at radius 1 is 1.19 bits per heavy atom. The monoisotopic (exact) mass is 416 g/mol. The summed E-state index contributed by atoms with van der Waals surface area (Å²) in [5.74, 6) is 0.528. The second-order valence-electron chi connectivity index (χ2n) is 6.78. The van der Waals surface area contributed by atoms with Crippen molar-refractivity contribution in [2.75, 3.05) is 11.6 Å². The average Bonchev–Trinajstić information content (AvgIpc) is 3.02. The summed E-state index contributed by atoms with van der Waals surface area (Å²) >= 11 is 7.02. The van der Waals surface area contributed by atoms with Gasteiger partial charge in [-0.1, -0.05) is 57.2 Å². The number of H-pyrrole nitrogens is 1. The van der Waals surface area contributed by atoms with Crippen LogP contribution in [0.3, 0.4) is 0 Å². The Hall–Kier alpha value is -1.25. The molecule has 0 aliphatic carbocycles. The lowest BCUT2D eigenvalue weighted by Gasteiger charge is -2.10. The van der Waals surface area contributed by atoms with Gasteiger partial charge in [0.15, 0.2) is 16.3 Å². The molecule has 2 rings (SSSR count). The van der Waals surface area contributed by atoms with Gasteiger partial charge in [-0.05, 0) is 6.42 Å². The van der Waals surface area contributed by atoms with E-state index in [-0.39, 0.29) is 5.88 Å². The lowest BCUT2D eigenvalue weighted by molar-refractivity contribution is 0.223. The molecule has 2 aromatic rings. The van der Waals surface area contributed by atoms with E-state index in [1.54, 1.807) is 7.05 Å². The van der Waals surface area contributed by atoms with E-state index in [2.05, 4.69) is 16.9 Å². The highest BCUT2D eigenvalue weighted by molar-refractivity contribution is 7.99. The molecule has 0 aliphatic heterocycles. The second kappa shape index (κ2) is 10.9. The SMILES string of the molecule is CCCCCCCCCn1c(SC[C@H](O)CCl)nc2c1c(=O)[nH]c(=O)n2C. The lowest BCUT2D eigenvalue weighted by Crippen LogP contribution is -2.29. The summed E-state index contributed by atoms with van der Waals surface area (Å²) in [5, 5.41) is 10.4. The van der Waals surface area contributed by atoms with Gasteiger partial charge in [0.05, 0.1) is 6.10 Å². The van der Waals surface area contributed by atoms with E-state index in [0.29, 0.717) is 28.6 Å². The zero-order chi connectivity index (χ0) is 19.8. The summed E-state index contributed by atoms with van der Waals surface area (Å²) in [6.45, 7) is 2.86. The third-order valence-corrected chi connectivity index (χ3v) is 6.02. The van der Waals surface area contributed by atoms with Crippen molar-refractivity contribution in [1.29, 1.82) is 0 Å². The molecule has 2 aromatic heterocycles. The Morgan fingerprint density at radius 2 is 1.85 bits per heavy atom. The van der Waals surface area contributed by atoms with Gasteiger partial charge in [0.2, 0.25) is 0 Å². The summed E-state index contributed by atoms with van der Waals surface area (Å²) in [4.78, 5) is 31.1. The Labute approximate surface area is 168 Å². The van der Waals surface area contributed by atoms with Crippen LogP contribution in [-0.2, 0) is 13.6 Å². The minimum absolute atomic E-state index is 0.143. The molecule has 27 heavy (non-hydrogen) atoms.